The molecule has 3 aromatic heterocycles. The zero-order valence-corrected chi connectivity index (χ0v) is 16.5. The van der Waals surface area contributed by atoms with Crippen molar-refractivity contribution in [2.24, 2.45) is 0 Å². The Morgan fingerprint density at radius 3 is 2.44 bits per heavy atom. The van der Waals surface area contributed by atoms with Gasteiger partial charge in [0.15, 0.2) is 5.65 Å². The van der Waals surface area contributed by atoms with E-state index in [-0.39, 0.29) is 0 Å². The molecule has 3 heterocycles. The Bertz CT molecular complexity index is 1110. The summed E-state index contributed by atoms with van der Waals surface area (Å²) in [7, 11) is 0. The lowest BCUT2D eigenvalue weighted by Gasteiger charge is -2.15. The fraction of sp³-hybridized carbons (Fsp3) is 0.273. The second-order valence-corrected chi connectivity index (χ2v) is 7.22. The van der Waals surface area contributed by atoms with Gasteiger partial charge in [-0.2, -0.15) is 0 Å². The number of fused-ring (bicyclic) bond motifs is 1. The minimum absolute atomic E-state index is 0.769. The maximum atomic E-state index is 4.79. The molecule has 0 radical (unpaired) electrons. The van der Waals surface area contributed by atoms with Crippen LogP contribution in [0.2, 0.25) is 0 Å². The van der Waals surface area contributed by atoms with Gasteiger partial charge in [-0.05, 0) is 57.4 Å². The maximum Gasteiger partial charge on any atom is 0.160 e. The van der Waals surface area contributed by atoms with Crippen molar-refractivity contribution < 1.29 is 0 Å². The Hall–Kier alpha value is -3.08. The van der Waals surface area contributed by atoms with E-state index < -0.39 is 0 Å². The van der Waals surface area contributed by atoms with E-state index in [1.807, 2.05) is 12.5 Å². The number of hydrogen-bond acceptors (Lipinski definition) is 3. The Labute approximate surface area is 159 Å². The molecule has 1 N–H and O–H groups in total. The van der Waals surface area contributed by atoms with Crippen LogP contribution < -0.4 is 5.32 Å². The van der Waals surface area contributed by atoms with Crippen LogP contribution in [0.3, 0.4) is 0 Å². The van der Waals surface area contributed by atoms with Crippen molar-refractivity contribution in [3.8, 4) is 5.69 Å². The number of imidazole rings is 2. The molecule has 0 saturated heterocycles. The second kappa shape index (κ2) is 6.58. The first-order valence-electron chi connectivity index (χ1n) is 9.23. The van der Waals surface area contributed by atoms with E-state index in [0.717, 1.165) is 40.6 Å². The molecule has 138 valence electrons. The van der Waals surface area contributed by atoms with Gasteiger partial charge in [0.1, 0.15) is 0 Å². The van der Waals surface area contributed by atoms with Crippen LogP contribution in [0, 0.1) is 34.6 Å². The minimum Gasteiger partial charge on any atom is -0.378 e. The highest BCUT2D eigenvalue weighted by molar-refractivity contribution is 5.72. The van der Waals surface area contributed by atoms with Gasteiger partial charge in [-0.3, -0.25) is 0 Å². The average molecular weight is 359 g/mol. The fourth-order valence-corrected chi connectivity index (χ4v) is 3.56. The summed E-state index contributed by atoms with van der Waals surface area (Å²) in [5, 5.41) is 3.63. The third-order valence-corrected chi connectivity index (χ3v) is 5.38. The molecule has 0 amide bonds. The quantitative estimate of drug-likeness (QED) is 0.576. The van der Waals surface area contributed by atoms with E-state index in [2.05, 4.69) is 84.3 Å². The SMILES string of the molecule is Cc1cccc(C)c1CNc1cc(-n2cncc2C)cn2c(C)c(C)nc12. The molecule has 0 aliphatic rings. The molecule has 0 unspecified atom stereocenters. The van der Waals surface area contributed by atoms with Crippen LogP contribution in [-0.4, -0.2) is 18.9 Å². The first-order chi connectivity index (χ1) is 13.0. The average Bonchev–Trinajstić information content (AvgIpc) is 3.18. The number of aromatic nitrogens is 4. The first-order valence-corrected chi connectivity index (χ1v) is 9.23. The third kappa shape index (κ3) is 2.99. The molecule has 0 spiro atoms. The highest BCUT2D eigenvalue weighted by Gasteiger charge is 2.13. The van der Waals surface area contributed by atoms with Gasteiger partial charge in [0.25, 0.3) is 0 Å². The fourth-order valence-electron chi connectivity index (χ4n) is 3.56. The summed E-state index contributed by atoms with van der Waals surface area (Å²) in [6.45, 7) is 11.3. The lowest BCUT2D eigenvalue weighted by Crippen LogP contribution is -2.07. The first kappa shape index (κ1) is 17.3. The van der Waals surface area contributed by atoms with Crippen LogP contribution in [0.5, 0.6) is 0 Å². The van der Waals surface area contributed by atoms with Crippen molar-refractivity contribution in [2.75, 3.05) is 5.32 Å². The highest BCUT2D eigenvalue weighted by atomic mass is 15.1. The summed E-state index contributed by atoms with van der Waals surface area (Å²) in [6.07, 6.45) is 5.86. The third-order valence-electron chi connectivity index (χ3n) is 5.38. The number of pyridine rings is 1. The minimum atomic E-state index is 0.769. The molecule has 0 fully saturated rings. The van der Waals surface area contributed by atoms with Crippen LogP contribution >= 0.6 is 0 Å². The van der Waals surface area contributed by atoms with Crippen molar-refractivity contribution in [3.63, 3.8) is 0 Å². The van der Waals surface area contributed by atoms with Crippen molar-refractivity contribution in [1.82, 2.24) is 18.9 Å². The van der Waals surface area contributed by atoms with Crippen molar-refractivity contribution >= 4 is 11.3 Å². The zero-order chi connectivity index (χ0) is 19.1. The standard InChI is InChI=1S/C22H25N5/c1-14-7-6-8-15(2)20(14)11-24-21-9-19(27-13-23-10-16(27)3)12-26-18(5)17(4)25-22(21)26/h6-10,12-13,24H,11H2,1-5H3. The lowest BCUT2D eigenvalue weighted by atomic mass is 10.0. The van der Waals surface area contributed by atoms with Crippen molar-refractivity contribution in [1.29, 1.82) is 0 Å². The molecular formula is C22H25N5. The van der Waals surface area contributed by atoms with Crippen molar-refractivity contribution in [2.45, 2.75) is 41.2 Å². The number of nitrogens with one attached hydrogen (secondary N) is 1. The molecular weight excluding hydrogens is 334 g/mol. The van der Waals surface area contributed by atoms with E-state index in [4.69, 9.17) is 4.98 Å². The summed E-state index contributed by atoms with van der Waals surface area (Å²) in [5.74, 6) is 0. The number of hydrogen-bond donors (Lipinski definition) is 1. The largest absolute Gasteiger partial charge is 0.378 e. The molecule has 0 aliphatic heterocycles. The predicted octanol–water partition coefficient (Wildman–Crippen LogP) is 4.67. The number of aryl methyl sites for hydroxylation is 5. The number of nitrogens with zero attached hydrogens (tertiary/aromatic N) is 4. The molecule has 4 aromatic rings. The number of anilines is 1. The molecule has 5 heteroatoms. The Kier molecular flexibility index (Phi) is 4.22. The normalized spacial score (nSPS) is 11.3. The van der Waals surface area contributed by atoms with E-state index in [1.165, 1.54) is 16.7 Å². The van der Waals surface area contributed by atoms with E-state index >= 15 is 0 Å². The maximum absolute atomic E-state index is 4.79. The topological polar surface area (TPSA) is 47.2 Å². The van der Waals surface area contributed by atoms with Crippen LogP contribution in [-0.2, 0) is 6.54 Å². The van der Waals surface area contributed by atoms with Crippen LogP contribution in [0.15, 0.2) is 43.0 Å². The molecule has 27 heavy (non-hydrogen) atoms. The molecule has 0 bridgehead atoms. The number of rotatable bonds is 4. The van der Waals surface area contributed by atoms with E-state index in [0.29, 0.717) is 0 Å². The number of benzene rings is 1. The van der Waals surface area contributed by atoms with Gasteiger partial charge in [0.05, 0.1) is 23.4 Å². The van der Waals surface area contributed by atoms with Crippen LogP contribution in [0.1, 0.15) is 33.8 Å². The van der Waals surface area contributed by atoms with Gasteiger partial charge in [-0.15, -0.1) is 0 Å². The predicted molar refractivity (Wildman–Crippen MR) is 110 cm³/mol. The van der Waals surface area contributed by atoms with Gasteiger partial charge in [-0.25, -0.2) is 9.97 Å². The summed E-state index contributed by atoms with van der Waals surface area (Å²) >= 11 is 0. The Morgan fingerprint density at radius 2 is 1.78 bits per heavy atom. The molecule has 5 nitrogen and oxygen atoms in total. The monoisotopic (exact) mass is 359 g/mol. The van der Waals surface area contributed by atoms with Gasteiger partial charge in [0.2, 0.25) is 0 Å². The molecule has 1 aromatic carbocycles. The summed E-state index contributed by atoms with van der Waals surface area (Å²) in [5.41, 5.74) is 10.3. The molecule has 0 aliphatic carbocycles. The van der Waals surface area contributed by atoms with Crippen molar-refractivity contribution in [3.05, 3.63) is 76.8 Å². The van der Waals surface area contributed by atoms with E-state index in [1.54, 1.807) is 0 Å². The summed E-state index contributed by atoms with van der Waals surface area (Å²) in [6, 6.07) is 8.59. The second-order valence-electron chi connectivity index (χ2n) is 7.22. The molecule has 0 saturated carbocycles. The Balaban J connectivity index is 1.81. The van der Waals surface area contributed by atoms with E-state index in [9.17, 15) is 0 Å². The van der Waals surface area contributed by atoms with Gasteiger partial charge < -0.3 is 14.3 Å². The van der Waals surface area contributed by atoms with Gasteiger partial charge >= 0.3 is 0 Å². The highest BCUT2D eigenvalue weighted by Crippen LogP contribution is 2.25. The van der Waals surface area contributed by atoms with Gasteiger partial charge in [0, 0.05) is 30.3 Å². The smallest absolute Gasteiger partial charge is 0.160 e. The van der Waals surface area contributed by atoms with Crippen LogP contribution in [0.25, 0.3) is 11.3 Å². The lowest BCUT2D eigenvalue weighted by molar-refractivity contribution is 0.969. The van der Waals surface area contributed by atoms with Gasteiger partial charge in [-0.1, -0.05) is 18.2 Å². The zero-order valence-electron chi connectivity index (χ0n) is 16.5. The summed E-state index contributed by atoms with van der Waals surface area (Å²) in [4.78, 5) is 9.06. The molecule has 0 atom stereocenters. The summed E-state index contributed by atoms with van der Waals surface area (Å²) < 4.78 is 4.26. The molecule has 4 rings (SSSR count). The van der Waals surface area contributed by atoms with Crippen LogP contribution in [0.4, 0.5) is 5.69 Å². The Morgan fingerprint density at radius 1 is 1.04 bits per heavy atom.